The first kappa shape index (κ1) is 9.65. The van der Waals surface area contributed by atoms with E-state index in [0.29, 0.717) is 0 Å². The molecule has 0 saturated heterocycles. The monoisotopic (exact) mass is 164 g/mol. The summed E-state index contributed by atoms with van der Waals surface area (Å²) in [6, 6.07) is 0. The smallest absolute Gasteiger partial charge is 0.0114 e. The van der Waals surface area contributed by atoms with Crippen LogP contribution in [-0.4, -0.2) is 0 Å². The molecular formula is C12H20. The van der Waals surface area contributed by atoms with Gasteiger partial charge in [0.25, 0.3) is 0 Å². The van der Waals surface area contributed by atoms with Crippen LogP contribution in [-0.2, 0) is 0 Å². The second-order valence-corrected chi connectivity index (χ2v) is 4.04. The molecular weight excluding hydrogens is 144 g/mol. The summed E-state index contributed by atoms with van der Waals surface area (Å²) in [6.07, 6.45) is 7.95. The van der Waals surface area contributed by atoms with Crippen LogP contribution < -0.4 is 0 Å². The van der Waals surface area contributed by atoms with Crippen molar-refractivity contribution in [3.63, 3.8) is 0 Å². The lowest BCUT2D eigenvalue weighted by atomic mass is 10.0. The van der Waals surface area contributed by atoms with Crippen LogP contribution in [0.3, 0.4) is 0 Å². The zero-order valence-electron chi connectivity index (χ0n) is 8.40. The van der Waals surface area contributed by atoms with Gasteiger partial charge in [0.05, 0.1) is 0 Å². The SMILES string of the molecule is CCC#CCC(C)CCC1CC1. The van der Waals surface area contributed by atoms with Gasteiger partial charge in [0.15, 0.2) is 0 Å². The molecule has 1 atom stereocenters. The second-order valence-electron chi connectivity index (χ2n) is 4.04. The van der Waals surface area contributed by atoms with Crippen LogP contribution in [0.4, 0.5) is 0 Å². The van der Waals surface area contributed by atoms with Gasteiger partial charge in [-0.3, -0.25) is 0 Å². The molecule has 1 aliphatic rings. The van der Waals surface area contributed by atoms with E-state index >= 15 is 0 Å². The normalized spacial score (nSPS) is 18.2. The molecule has 0 heterocycles. The number of hydrogen-bond acceptors (Lipinski definition) is 0. The molecule has 68 valence electrons. The first-order chi connectivity index (χ1) is 5.83. The Hall–Kier alpha value is -0.440. The summed E-state index contributed by atoms with van der Waals surface area (Å²) in [5, 5.41) is 0. The van der Waals surface area contributed by atoms with Crippen LogP contribution in [0.25, 0.3) is 0 Å². The minimum atomic E-state index is 0.824. The molecule has 1 fully saturated rings. The molecule has 0 amide bonds. The highest BCUT2D eigenvalue weighted by atomic mass is 14.3. The van der Waals surface area contributed by atoms with Crippen molar-refractivity contribution in [3.8, 4) is 11.8 Å². The van der Waals surface area contributed by atoms with Crippen molar-refractivity contribution in [3.05, 3.63) is 0 Å². The first-order valence-electron chi connectivity index (χ1n) is 5.28. The quantitative estimate of drug-likeness (QED) is 0.557. The third-order valence-corrected chi connectivity index (χ3v) is 2.52. The molecule has 0 aromatic rings. The lowest BCUT2D eigenvalue weighted by molar-refractivity contribution is 0.500. The molecule has 0 spiro atoms. The van der Waals surface area contributed by atoms with Crippen LogP contribution in [0.5, 0.6) is 0 Å². The average Bonchev–Trinajstić information content (AvgIpc) is 2.84. The molecule has 0 aromatic carbocycles. The van der Waals surface area contributed by atoms with Crippen LogP contribution in [0.1, 0.15) is 52.4 Å². The molecule has 12 heavy (non-hydrogen) atoms. The summed E-state index contributed by atoms with van der Waals surface area (Å²) in [5.74, 6) is 8.27. The molecule has 0 aliphatic heterocycles. The molecule has 0 nitrogen and oxygen atoms in total. The minimum Gasteiger partial charge on any atom is -0.104 e. The standard InChI is InChI=1S/C12H20/c1-3-4-5-6-11(2)7-8-12-9-10-12/h11-12H,3,6-10H2,1-2H3. The van der Waals surface area contributed by atoms with Gasteiger partial charge in [0, 0.05) is 12.8 Å². The van der Waals surface area contributed by atoms with E-state index in [2.05, 4.69) is 25.7 Å². The van der Waals surface area contributed by atoms with E-state index in [4.69, 9.17) is 0 Å². The molecule has 1 rings (SSSR count). The largest absolute Gasteiger partial charge is 0.104 e. The van der Waals surface area contributed by atoms with Gasteiger partial charge in [-0.2, -0.15) is 0 Å². The minimum absolute atomic E-state index is 0.824. The van der Waals surface area contributed by atoms with Gasteiger partial charge in [-0.25, -0.2) is 0 Å². The van der Waals surface area contributed by atoms with Gasteiger partial charge < -0.3 is 0 Å². The van der Waals surface area contributed by atoms with E-state index in [9.17, 15) is 0 Å². The predicted octanol–water partition coefficient (Wildman–Crippen LogP) is 3.62. The van der Waals surface area contributed by atoms with Gasteiger partial charge in [0.1, 0.15) is 0 Å². The molecule has 1 aliphatic carbocycles. The summed E-state index contributed by atoms with van der Waals surface area (Å²) < 4.78 is 0. The van der Waals surface area contributed by atoms with E-state index in [0.717, 1.165) is 24.7 Å². The van der Waals surface area contributed by atoms with Crippen molar-refractivity contribution in [1.82, 2.24) is 0 Å². The first-order valence-corrected chi connectivity index (χ1v) is 5.28. The summed E-state index contributed by atoms with van der Waals surface area (Å²) in [4.78, 5) is 0. The lowest BCUT2D eigenvalue weighted by Crippen LogP contribution is -1.93. The zero-order chi connectivity index (χ0) is 8.81. The van der Waals surface area contributed by atoms with Crippen LogP contribution in [0.15, 0.2) is 0 Å². The maximum absolute atomic E-state index is 3.23. The van der Waals surface area contributed by atoms with Crippen molar-refractivity contribution in [2.75, 3.05) is 0 Å². The zero-order valence-corrected chi connectivity index (χ0v) is 8.40. The Bertz CT molecular complexity index is 166. The fourth-order valence-electron chi connectivity index (χ4n) is 1.40. The molecule has 0 N–H and O–H groups in total. The second kappa shape index (κ2) is 5.25. The Balaban J connectivity index is 1.98. The Morgan fingerprint density at radius 2 is 2.08 bits per heavy atom. The maximum Gasteiger partial charge on any atom is 0.0114 e. The third-order valence-electron chi connectivity index (χ3n) is 2.52. The molecule has 0 heteroatoms. The van der Waals surface area contributed by atoms with Crippen molar-refractivity contribution >= 4 is 0 Å². The highest BCUT2D eigenvalue weighted by Crippen LogP contribution is 2.34. The maximum atomic E-state index is 3.23. The topological polar surface area (TPSA) is 0 Å². The number of hydrogen-bond donors (Lipinski definition) is 0. The van der Waals surface area contributed by atoms with Crippen LogP contribution in [0, 0.1) is 23.7 Å². The van der Waals surface area contributed by atoms with Crippen molar-refractivity contribution in [1.29, 1.82) is 0 Å². The summed E-state index contributed by atoms with van der Waals surface area (Å²) in [7, 11) is 0. The fourth-order valence-corrected chi connectivity index (χ4v) is 1.40. The van der Waals surface area contributed by atoms with Gasteiger partial charge in [0.2, 0.25) is 0 Å². The van der Waals surface area contributed by atoms with Crippen LogP contribution >= 0.6 is 0 Å². The Morgan fingerprint density at radius 3 is 2.67 bits per heavy atom. The summed E-state index contributed by atoms with van der Waals surface area (Å²) in [5.41, 5.74) is 0. The van der Waals surface area contributed by atoms with Crippen molar-refractivity contribution in [2.45, 2.75) is 52.4 Å². The fraction of sp³-hybridized carbons (Fsp3) is 0.833. The van der Waals surface area contributed by atoms with Crippen molar-refractivity contribution < 1.29 is 0 Å². The van der Waals surface area contributed by atoms with Crippen LogP contribution in [0.2, 0.25) is 0 Å². The highest BCUT2D eigenvalue weighted by molar-refractivity contribution is 4.98. The molecule has 1 unspecified atom stereocenters. The third kappa shape index (κ3) is 4.44. The highest BCUT2D eigenvalue weighted by Gasteiger charge is 2.21. The summed E-state index contributed by atoms with van der Waals surface area (Å²) >= 11 is 0. The van der Waals surface area contributed by atoms with E-state index in [1.807, 2.05) is 0 Å². The van der Waals surface area contributed by atoms with E-state index in [1.165, 1.54) is 25.7 Å². The van der Waals surface area contributed by atoms with Gasteiger partial charge in [-0.15, -0.1) is 11.8 Å². The van der Waals surface area contributed by atoms with Gasteiger partial charge >= 0.3 is 0 Å². The van der Waals surface area contributed by atoms with E-state index in [-0.39, 0.29) is 0 Å². The van der Waals surface area contributed by atoms with E-state index < -0.39 is 0 Å². The van der Waals surface area contributed by atoms with E-state index in [1.54, 1.807) is 0 Å². The summed E-state index contributed by atoms with van der Waals surface area (Å²) in [6.45, 7) is 4.44. The number of rotatable bonds is 4. The molecule has 1 saturated carbocycles. The lowest BCUT2D eigenvalue weighted by Gasteiger charge is -2.05. The Morgan fingerprint density at radius 1 is 1.33 bits per heavy atom. The molecule has 0 bridgehead atoms. The van der Waals surface area contributed by atoms with Gasteiger partial charge in [-0.05, 0) is 18.3 Å². The average molecular weight is 164 g/mol. The van der Waals surface area contributed by atoms with Crippen molar-refractivity contribution in [2.24, 2.45) is 11.8 Å². The molecule has 0 aromatic heterocycles. The molecule has 0 radical (unpaired) electrons. The van der Waals surface area contributed by atoms with Gasteiger partial charge in [-0.1, -0.05) is 33.1 Å². The Labute approximate surface area is 76.7 Å². The predicted molar refractivity (Wildman–Crippen MR) is 53.8 cm³/mol. The Kier molecular flexibility index (Phi) is 4.22.